The van der Waals surface area contributed by atoms with Gasteiger partial charge in [-0.1, -0.05) is 33.9 Å². The number of hydrogen-bond donors (Lipinski definition) is 3. The van der Waals surface area contributed by atoms with Gasteiger partial charge in [-0.25, -0.2) is 5.48 Å². The zero-order valence-corrected chi connectivity index (χ0v) is 18.2. The minimum Gasteiger partial charge on any atom is -0.493 e. The molecule has 2 aromatic carbocycles. The van der Waals surface area contributed by atoms with E-state index in [2.05, 4.69) is 39.0 Å². The summed E-state index contributed by atoms with van der Waals surface area (Å²) in [7, 11) is -0.394. The van der Waals surface area contributed by atoms with E-state index in [1.165, 1.54) is 10.8 Å². The van der Waals surface area contributed by atoms with Crippen molar-refractivity contribution in [1.29, 1.82) is 0 Å². The first-order valence-corrected chi connectivity index (χ1v) is 11.5. The Morgan fingerprint density at radius 1 is 1.10 bits per heavy atom. The van der Waals surface area contributed by atoms with E-state index >= 15 is 0 Å². The second-order valence-electron chi connectivity index (χ2n) is 6.74. The normalized spacial score (nSPS) is 11.8. The van der Waals surface area contributed by atoms with Gasteiger partial charge in [-0.2, -0.15) is 0 Å². The van der Waals surface area contributed by atoms with Gasteiger partial charge in [0.1, 0.15) is 11.5 Å². The maximum absolute atomic E-state index is 11.1. The molecule has 0 bridgehead atoms. The van der Waals surface area contributed by atoms with E-state index in [4.69, 9.17) is 14.7 Å². The molecule has 0 saturated carbocycles. The summed E-state index contributed by atoms with van der Waals surface area (Å²) in [5.74, 6) is 0.737. The number of rotatable bonds is 11. The molecule has 0 aliphatic heterocycles. The lowest BCUT2D eigenvalue weighted by atomic mass is 10.1. The summed E-state index contributed by atoms with van der Waals surface area (Å²) in [5.41, 5.74) is 4.41. The van der Waals surface area contributed by atoms with Crippen molar-refractivity contribution in [3.05, 3.63) is 53.1 Å². The lowest BCUT2D eigenvalue weighted by Crippen LogP contribution is -2.25. The van der Waals surface area contributed by atoms with Crippen molar-refractivity contribution in [3.8, 4) is 11.5 Å². The molecule has 0 radical (unpaired) electrons. The van der Waals surface area contributed by atoms with Crippen LogP contribution in [0, 0.1) is 6.92 Å². The number of aryl methyl sites for hydroxylation is 1. The van der Waals surface area contributed by atoms with Crippen LogP contribution in [0.2, 0.25) is 0 Å². The molecule has 3 N–H and O–H groups in total. The summed E-state index contributed by atoms with van der Waals surface area (Å²) < 4.78 is 11.2. The number of carbonyl (C=O) groups excluding carboxylic acids is 1. The molecule has 1 atom stereocenters. The summed E-state index contributed by atoms with van der Waals surface area (Å²) in [6.07, 6.45) is 2.93. The molecular weight excluding hydrogens is 389 g/mol. The molecule has 0 aliphatic carbocycles. The maximum atomic E-state index is 11.1. The van der Waals surface area contributed by atoms with E-state index in [1.807, 2.05) is 12.1 Å². The lowest BCUT2D eigenvalue weighted by Gasteiger charge is -2.19. The number of ether oxygens (including phenoxy) is 2. The molecule has 0 heterocycles. The molecule has 1 amide bonds. The highest BCUT2D eigenvalue weighted by Crippen LogP contribution is 2.40. The van der Waals surface area contributed by atoms with Gasteiger partial charge in [0.25, 0.3) is 5.91 Å². The van der Waals surface area contributed by atoms with Crippen molar-refractivity contribution >= 4 is 19.1 Å². The van der Waals surface area contributed by atoms with Crippen LogP contribution in [0.15, 0.2) is 36.4 Å². The molecule has 2 aromatic rings. The van der Waals surface area contributed by atoms with Gasteiger partial charge in [0, 0.05) is 5.56 Å². The fraction of sp³-hybridized carbons (Fsp3) is 0.409. The highest BCUT2D eigenvalue weighted by Gasteiger charge is 2.14. The van der Waals surface area contributed by atoms with Gasteiger partial charge in [0.15, 0.2) is 6.61 Å². The summed E-state index contributed by atoms with van der Waals surface area (Å²) in [6, 6.07) is 12.1. The van der Waals surface area contributed by atoms with Crippen molar-refractivity contribution in [2.45, 2.75) is 40.0 Å². The number of nitrogens with one attached hydrogen (secondary N) is 1. The van der Waals surface area contributed by atoms with Crippen LogP contribution in [0.5, 0.6) is 11.5 Å². The predicted molar refractivity (Wildman–Crippen MR) is 116 cm³/mol. The molecule has 1 unspecified atom stereocenters. The average Bonchev–Trinajstić information content (AvgIpc) is 2.75. The molecule has 0 fully saturated rings. The van der Waals surface area contributed by atoms with Gasteiger partial charge in [-0.05, 0) is 66.4 Å². The number of amides is 1. The molecule has 7 heteroatoms. The first-order chi connectivity index (χ1) is 14.0. The molecule has 6 nitrogen and oxygen atoms in total. The van der Waals surface area contributed by atoms with Crippen LogP contribution in [0.1, 0.15) is 37.0 Å². The second kappa shape index (κ2) is 11.8. The van der Waals surface area contributed by atoms with Gasteiger partial charge in [-0.15, -0.1) is 0 Å². The fourth-order valence-corrected chi connectivity index (χ4v) is 5.05. The Hall–Kier alpha value is -2.14. The van der Waals surface area contributed by atoms with E-state index in [0.29, 0.717) is 11.3 Å². The van der Waals surface area contributed by atoms with Crippen molar-refractivity contribution in [1.82, 2.24) is 5.48 Å². The molecule has 29 heavy (non-hydrogen) atoms. The Labute approximate surface area is 173 Å². The van der Waals surface area contributed by atoms with Crippen LogP contribution in [0.4, 0.5) is 0 Å². The minimum absolute atomic E-state index is 0.184. The lowest BCUT2D eigenvalue weighted by molar-refractivity contribution is -0.131. The van der Waals surface area contributed by atoms with E-state index in [0.717, 1.165) is 42.2 Å². The van der Waals surface area contributed by atoms with Crippen LogP contribution in [0.3, 0.4) is 0 Å². The third-order valence-electron chi connectivity index (χ3n) is 4.52. The zero-order valence-electron chi connectivity index (χ0n) is 17.3. The molecular formula is C22H30NO5P. The van der Waals surface area contributed by atoms with Gasteiger partial charge in [-0.3, -0.25) is 10.0 Å². The number of carbonyl (C=O) groups is 1. The SMILES string of the molecule is CCCOc1ccc(P(CC)Cc2ccc(OCC(=O)NO)c(CO)c2)cc1C. The standard InChI is InChI=1S/C22H30NO5P/c1-4-10-27-20-9-7-19(11-16(20)3)29(5-2)15-17-6-8-21(18(12-17)13-24)28-14-22(25)23-26/h6-9,11-12,24,26H,4-5,10,13-15H2,1-3H3,(H,23,25). The molecule has 2 rings (SSSR count). The van der Waals surface area contributed by atoms with E-state index in [9.17, 15) is 9.90 Å². The first-order valence-electron chi connectivity index (χ1n) is 9.79. The highest BCUT2D eigenvalue weighted by atomic mass is 31.1. The van der Waals surface area contributed by atoms with Crippen LogP contribution in [0.25, 0.3) is 0 Å². The van der Waals surface area contributed by atoms with E-state index < -0.39 is 13.8 Å². The largest absolute Gasteiger partial charge is 0.493 e. The topological polar surface area (TPSA) is 88.0 Å². The number of hydroxylamine groups is 1. The van der Waals surface area contributed by atoms with E-state index in [1.54, 1.807) is 6.07 Å². The zero-order chi connectivity index (χ0) is 21.2. The van der Waals surface area contributed by atoms with Crippen molar-refractivity contribution in [3.63, 3.8) is 0 Å². The van der Waals surface area contributed by atoms with Crippen molar-refractivity contribution in [2.24, 2.45) is 0 Å². The quantitative estimate of drug-likeness (QED) is 0.295. The Morgan fingerprint density at radius 2 is 1.86 bits per heavy atom. The third kappa shape index (κ3) is 6.70. The monoisotopic (exact) mass is 419 g/mol. The Bertz CT molecular complexity index is 812. The summed E-state index contributed by atoms with van der Waals surface area (Å²) in [6.45, 7) is 6.60. The van der Waals surface area contributed by atoms with Gasteiger partial charge < -0.3 is 14.6 Å². The summed E-state index contributed by atoms with van der Waals surface area (Å²) in [4.78, 5) is 11.1. The van der Waals surface area contributed by atoms with Crippen LogP contribution < -0.4 is 20.3 Å². The number of hydrogen-bond acceptors (Lipinski definition) is 5. The average molecular weight is 419 g/mol. The first kappa shape index (κ1) is 23.1. The molecule has 0 saturated heterocycles. The molecule has 0 spiro atoms. The second-order valence-corrected chi connectivity index (χ2v) is 9.28. The molecule has 0 aromatic heterocycles. The Morgan fingerprint density at radius 3 is 2.48 bits per heavy atom. The number of aliphatic hydroxyl groups is 1. The minimum atomic E-state index is -0.644. The Balaban J connectivity index is 2.13. The van der Waals surface area contributed by atoms with Crippen molar-refractivity contribution in [2.75, 3.05) is 19.4 Å². The van der Waals surface area contributed by atoms with Gasteiger partial charge in [0.2, 0.25) is 0 Å². The maximum Gasteiger partial charge on any atom is 0.281 e. The van der Waals surface area contributed by atoms with Crippen LogP contribution >= 0.6 is 7.92 Å². The van der Waals surface area contributed by atoms with Gasteiger partial charge >= 0.3 is 0 Å². The number of benzene rings is 2. The third-order valence-corrected chi connectivity index (χ3v) is 7.04. The summed E-state index contributed by atoms with van der Waals surface area (Å²) in [5, 5.41) is 19.6. The van der Waals surface area contributed by atoms with Gasteiger partial charge in [0.05, 0.1) is 13.2 Å². The fourth-order valence-electron chi connectivity index (χ4n) is 2.98. The Kier molecular flexibility index (Phi) is 9.39. The van der Waals surface area contributed by atoms with Crippen molar-refractivity contribution < 1.29 is 24.6 Å². The van der Waals surface area contributed by atoms with Crippen LogP contribution in [-0.2, 0) is 17.6 Å². The highest BCUT2D eigenvalue weighted by molar-refractivity contribution is 7.64. The smallest absolute Gasteiger partial charge is 0.281 e. The molecule has 158 valence electrons. The summed E-state index contributed by atoms with van der Waals surface area (Å²) >= 11 is 0. The number of aliphatic hydroxyl groups excluding tert-OH is 1. The molecule has 0 aliphatic rings. The predicted octanol–water partition coefficient (Wildman–Crippen LogP) is 3.49. The van der Waals surface area contributed by atoms with Crippen LogP contribution in [-0.4, -0.2) is 35.6 Å². The van der Waals surface area contributed by atoms with E-state index in [-0.39, 0.29) is 13.2 Å².